The van der Waals surface area contributed by atoms with Gasteiger partial charge in [0.05, 0.1) is 13.7 Å². The summed E-state index contributed by atoms with van der Waals surface area (Å²) in [4.78, 5) is 32.2. The molecule has 1 aromatic heterocycles. The second-order valence-electron chi connectivity index (χ2n) is 9.79. The quantitative estimate of drug-likeness (QED) is 0.265. The van der Waals surface area contributed by atoms with Crippen molar-refractivity contribution in [3.63, 3.8) is 0 Å². The highest BCUT2D eigenvalue weighted by molar-refractivity contribution is 6.02. The number of nitrogens with zero attached hydrogens (tertiary/aromatic N) is 3. The molecule has 0 radical (unpaired) electrons. The van der Waals surface area contributed by atoms with Gasteiger partial charge in [0.1, 0.15) is 34.6 Å². The van der Waals surface area contributed by atoms with Crippen LogP contribution in [0.1, 0.15) is 22.4 Å². The first-order valence-electron chi connectivity index (χ1n) is 12.4. The van der Waals surface area contributed by atoms with Crippen LogP contribution in [0.2, 0.25) is 0 Å². The monoisotopic (exact) mass is 591 g/mol. The van der Waals surface area contributed by atoms with E-state index in [0.29, 0.717) is 28.0 Å². The number of anilines is 1. The molecule has 13 heteroatoms. The molecule has 0 fully saturated rings. The molecule has 218 valence electrons. The number of carbonyl (C=O) groups excluding carboxylic acids is 1. The Morgan fingerprint density at radius 2 is 1.26 bits per heavy atom. The molecule has 0 atom stereocenters. The van der Waals surface area contributed by atoms with Gasteiger partial charge in [-0.15, -0.1) is 0 Å². The number of amides is 1. The molecule has 5 rings (SSSR count). The van der Waals surface area contributed by atoms with E-state index in [9.17, 15) is 40.3 Å². The number of methoxy groups -OCH3 is 1. The van der Waals surface area contributed by atoms with Gasteiger partial charge in [0.15, 0.2) is 5.69 Å². The minimum absolute atomic E-state index is 0.137. The molecule has 0 aliphatic carbocycles. The van der Waals surface area contributed by atoms with Gasteiger partial charge in [-0.05, 0) is 53.1 Å². The van der Waals surface area contributed by atoms with Crippen molar-refractivity contribution in [2.45, 2.75) is 31.1 Å². The minimum atomic E-state index is -5.06. The fourth-order valence-electron chi connectivity index (χ4n) is 5.17. The van der Waals surface area contributed by atoms with E-state index in [0.717, 1.165) is 29.2 Å². The first kappa shape index (κ1) is 28.8. The van der Waals surface area contributed by atoms with Gasteiger partial charge < -0.3 is 4.74 Å². The second kappa shape index (κ2) is 10.6. The lowest BCUT2D eigenvalue weighted by molar-refractivity contribution is -0.141. The molecule has 3 aromatic carbocycles. The highest BCUT2D eigenvalue weighted by Gasteiger charge is 2.53. The molecule has 0 bridgehead atoms. The normalized spacial score (nSPS) is 14.3. The van der Waals surface area contributed by atoms with Crippen molar-refractivity contribution in [2.75, 3.05) is 12.0 Å². The van der Waals surface area contributed by atoms with Crippen LogP contribution in [0, 0.1) is 23.3 Å². The lowest BCUT2D eigenvalue weighted by Crippen LogP contribution is -2.49. The van der Waals surface area contributed by atoms with Crippen molar-refractivity contribution in [3.05, 3.63) is 123 Å². The summed E-state index contributed by atoms with van der Waals surface area (Å²) in [6, 6.07) is 11.0. The maximum Gasteiger partial charge on any atom is 0.433 e. The molecule has 42 heavy (non-hydrogen) atoms. The lowest BCUT2D eigenvalue weighted by Gasteiger charge is -2.30. The van der Waals surface area contributed by atoms with Gasteiger partial charge in [0.25, 0.3) is 11.5 Å². The van der Waals surface area contributed by atoms with E-state index in [4.69, 9.17) is 4.74 Å². The highest BCUT2D eigenvalue weighted by atomic mass is 19.4. The standard InChI is InChI=1S/C29H20F7N3O3/c1-42-23-4-2-16(3-5-23)15-38-26(41)28(13-17-6-19(30)10-20(31)7-17,14-18-8-21(32)11-22(33)9-18)39-25(40)12-24(29(34,35)36)37-27(38)39/h2-12H,13-15H2,1H3. The van der Waals surface area contributed by atoms with Crippen LogP contribution in [-0.2, 0) is 35.9 Å². The summed E-state index contributed by atoms with van der Waals surface area (Å²) in [5.74, 6) is -5.28. The van der Waals surface area contributed by atoms with Crippen LogP contribution in [0.3, 0.4) is 0 Å². The predicted octanol–water partition coefficient (Wildman–Crippen LogP) is 5.55. The third kappa shape index (κ3) is 5.46. The number of ether oxygens (including phenoxy) is 1. The average Bonchev–Trinajstić information content (AvgIpc) is 3.10. The zero-order chi connectivity index (χ0) is 30.4. The van der Waals surface area contributed by atoms with Crippen molar-refractivity contribution < 1.29 is 40.3 Å². The first-order chi connectivity index (χ1) is 19.8. The molecule has 4 aromatic rings. The van der Waals surface area contributed by atoms with E-state index < -0.39 is 70.9 Å². The van der Waals surface area contributed by atoms with E-state index in [1.807, 2.05) is 0 Å². The molecule has 2 heterocycles. The molecular formula is C29H20F7N3O3. The lowest BCUT2D eigenvalue weighted by atomic mass is 9.83. The Hall–Kier alpha value is -4.68. The van der Waals surface area contributed by atoms with Crippen molar-refractivity contribution >= 4 is 11.9 Å². The Bertz CT molecular complexity index is 1640. The van der Waals surface area contributed by atoms with E-state index in [1.54, 1.807) is 12.1 Å². The zero-order valence-corrected chi connectivity index (χ0v) is 21.7. The van der Waals surface area contributed by atoms with E-state index in [1.165, 1.54) is 19.2 Å². The highest BCUT2D eigenvalue weighted by Crippen LogP contribution is 2.40. The Morgan fingerprint density at radius 3 is 1.71 bits per heavy atom. The maximum absolute atomic E-state index is 14.3. The van der Waals surface area contributed by atoms with E-state index >= 15 is 0 Å². The van der Waals surface area contributed by atoms with Gasteiger partial charge in [0, 0.05) is 31.0 Å². The predicted molar refractivity (Wildman–Crippen MR) is 136 cm³/mol. The Morgan fingerprint density at radius 1 is 0.762 bits per heavy atom. The number of hydrogen-bond donors (Lipinski definition) is 0. The van der Waals surface area contributed by atoms with Crippen LogP contribution in [0.25, 0.3) is 0 Å². The molecular weight excluding hydrogens is 571 g/mol. The van der Waals surface area contributed by atoms with E-state index in [-0.39, 0.29) is 23.7 Å². The molecule has 1 aliphatic heterocycles. The summed E-state index contributed by atoms with van der Waals surface area (Å²) in [6.45, 7) is -0.368. The van der Waals surface area contributed by atoms with E-state index in [2.05, 4.69) is 4.98 Å². The average molecular weight is 591 g/mol. The summed E-state index contributed by atoms with van der Waals surface area (Å²) in [5.41, 5.74) is -4.95. The van der Waals surface area contributed by atoms with Crippen LogP contribution in [0.15, 0.2) is 71.5 Å². The van der Waals surface area contributed by atoms with Gasteiger partial charge in [-0.3, -0.25) is 19.1 Å². The number of alkyl halides is 3. The zero-order valence-electron chi connectivity index (χ0n) is 21.7. The topological polar surface area (TPSA) is 64.4 Å². The molecule has 0 N–H and O–H groups in total. The number of fused-ring (bicyclic) bond motifs is 1. The summed E-state index contributed by atoms with van der Waals surface area (Å²) >= 11 is 0. The summed E-state index contributed by atoms with van der Waals surface area (Å²) in [6.07, 6.45) is -6.32. The Kier molecular flexibility index (Phi) is 7.29. The van der Waals surface area contributed by atoms with Crippen molar-refractivity contribution in [3.8, 4) is 5.75 Å². The Labute approximate surface area is 233 Å². The van der Waals surface area contributed by atoms with Crippen LogP contribution in [0.5, 0.6) is 5.75 Å². The largest absolute Gasteiger partial charge is 0.497 e. The van der Waals surface area contributed by atoms with Gasteiger partial charge in [-0.25, -0.2) is 22.5 Å². The molecule has 6 nitrogen and oxygen atoms in total. The third-order valence-electron chi connectivity index (χ3n) is 6.84. The van der Waals surface area contributed by atoms with Crippen molar-refractivity contribution in [2.24, 2.45) is 0 Å². The fourth-order valence-corrected chi connectivity index (χ4v) is 5.17. The van der Waals surface area contributed by atoms with Crippen molar-refractivity contribution in [1.82, 2.24) is 9.55 Å². The fraction of sp³-hybridized carbons (Fsp3) is 0.207. The minimum Gasteiger partial charge on any atom is -0.497 e. The van der Waals surface area contributed by atoms with Crippen LogP contribution >= 0.6 is 0 Å². The number of aromatic nitrogens is 2. The maximum atomic E-state index is 14.3. The smallest absolute Gasteiger partial charge is 0.433 e. The van der Waals surface area contributed by atoms with Crippen LogP contribution < -0.4 is 15.2 Å². The van der Waals surface area contributed by atoms with Crippen LogP contribution in [0.4, 0.5) is 36.7 Å². The SMILES string of the molecule is COc1ccc(CN2C(=O)C(Cc3cc(F)cc(F)c3)(Cc3cc(F)cc(F)c3)n3c2nc(C(F)(F)F)cc3=O)cc1. The number of halogens is 7. The number of hydrogen-bond acceptors (Lipinski definition) is 4. The molecule has 0 saturated heterocycles. The number of rotatable bonds is 7. The van der Waals surface area contributed by atoms with Gasteiger partial charge >= 0.3 is 6.18 Å². The molecule has 0 unspecified atom stereocenters. The van der Waals surface area contributed by atoms with Gasteiger partial charge in [-0.1, -0.05) is 12.1 Å². The second-order valence-corrected chi connectivity index (χ2v) is 9.79. The molecule has 1 aliphatic rings. The number of carbonyl (C=O) groups is 1. The van der Waals surface area contributed by atoms with Crippen LogP contribution in [-0.4, -0.2) is 22.6 Å². The van der Waals surface area contributed by atoms with Gasteiger partial charge in [0.2, 0.25) is 5.95 Å². The summed E-state index contributed by atoms with van der Waals surface area (Å²) < 4.78 is 104. The van der Waals surface area contributed by atoms with Crippen molar-refractivity contribution in [1.29, 1.82) is 0 Å². The first-order valence-corrected chi connectivity index (χ1v) is 12.4. The molecule has 0 spiro atoms. The van der Waals surface area contributed by atoms with Gasteiger partial charge in [-0.2, -0.15) is 13.2 Å². The summed E-state index contributed by atoms with van der Waals surface area (Å²) in [5, 5.41) is 0. The molecule has 0 saturated carbocycles. The third-order valence-corrected chi connectivity index (χ3v) is 6.84. The number of benzene rings is 3. The molecule has 1 amide bonds. The summed E-state index contributed by atoms with van der Waals surface area (Å²) in [7, 11) is 1.42. The Balaban J connectivity index is 1.75.